The van der Waals surface area contributed by atoms with Crippen molar-refractivity contribution in [3.8, 4) is 11.4 Å². The van der Waals surface area contributed by atoms with Crippen LogP contribution in [0.4, 0.5) is 11.6 Å². The predicted molar refractivity (Wildman–Crippen MR) is 122 cm³/mol. The molecular formula is C24H14N8. The first-order valence-electron chi connectivity index (χ1n) is 9.97. The molecule has 3 aromatic carbocycles. The van der Waals surface area contributed by atoms with Crippen molar-refractivity contribution in [3.63, 3.8) is 0 Å². The zero-order chi connectivity index (χ0) is 21.3. The van der Waals surface area contributed by atoms with Crippen LogP contribution in [-0.4, -0.2) is 30.6 Å². The summed E-state index contributed by atoms with van der Waals surface area (Å²) in [7, 11) is 0. The van der Waals surface area contributed by atoms with Crippen molar-refractivity contribution in [1.29, 1.82) is 0 Å². The molecule has 150 valence electrons. The summed E-state index contributed by atoms with van der Waals surface area (Å²) >= 11 is 0. The molecule has 0 bridgehead atoms. The highest BCUT2D eigenvalue weighted by atomic mass is 15.3. The maximum absolute atomic E-state index is 4.46. The molecule has 0 saturated carbocycles. The molecule has 0 amide bonds. The lowest BCUT2D eigenvalue weighted by Crippen LogP contribution is -1.96. The van der Waals surface area contributed by atoms with Crippen LogP contribution in [0.1, 0.15) is 0 Å². The fourth-order valence-electron chi connectivity index (χ4n) is 3.72. The van der Waals surface area contributed by atoms with Crippen LogP contribution in [0.25, 0.3) is 43.7 Å². The molecule has 0 unspecified atom stereocenters. The van der Waals surface area contributed by atoms with E-state index in [2.05, 4.69) is 40.8 Å². The van der Waals surface area contributed by atoms with E-state index in [1.807, 2.05) is 72.8 Å². The van der Waals surface area contributed by atoms with Crippen LogP contribution in [0.2, 0.25) is 0 Å². The average Bonchev–Trinajstić information content (AvgIpc) is 2.87. The molecule has 0 fully saturated rings. The van der Waals surface area contributed by atoms with E-state index in [4.69, 9.17) is 0 Å². The Hall–Kier alpha value is -4.72. The summed E-state index contributed by atoms with van der Waals surface area (Å²) in [5.41, 5.74) is 1.32. The standard InChI is InChI=1S/C24H14N8/c1-3-9-17-15(7-1)13-25-27-21(17)22-19-11-5-6-12-20(19)24(30-28-22)32-31-23-18-10-4-2-8-16(18)14-26-29-23/h1-14H. The first-order valence-corrected chi connectivity index (χ1v) is 9.97. The molecule has 0 spiro atoms. The molecule has 8 nitrogen and oxygen atoms in total. The predicted octanol–water partition coefficient (Wildman–Crippen LogP) is 5.60. The van der Waals surface area contributed by atoms with Gasteiger partial charge in [-0.3, -0.25) is 0 Å². The molecule has 0 aliphatic rings. The SMILES string of the molecule is c1ccc2c(N=Nc3nnc(-c4nncc5ccccc45)c4ccccc34)nncc2c1. The van der Waals surface area contributed by atoms with Gasteiger partial charge in [-0.2, -0.15) is 10.2 Å². The number of aromatic nitrogens is 6. The van der Waals surface area contributed by atoms with Gasteiger partial charge in [-0.05, 0) is 0 Å². The second kappa shape index (κ2) is 7.51. The number of benzene rings is 3. The van der Waals surface area contributed by atoms with Gasteiger partial charge >= 0.3 is 0 Å². The molecule has 32 heavy (non-hydrogen) atoms. The minimum Gasteiger partial charge on any atom is -0.158 e. The molecule has 3 heterocycles. The molecule has 0 aliphatic carbocycles. The van der Waals surface area contributed by atoms with Crippen LogP contribution >= 0.6 is 0 Å². The zero-order valence-corrected chi connectivity index (χ0v) is 16.7. The Kier molecular flexibility index (Phi) is 4.25. The van der Waals surface area contributed by atoms with E-state index in [1.165, 1.54) is 0 Å². The Morgan fingerprint density at radius 3 is 1.75 bits per heavy atom. The minimum absolute atomic E-state index is 0.396. The number of hydrogen-bond donors (Lipinski definition) is 0. The number of fused-ring (bicyclic) bond motifs is 3. The van der Waals surface area contributed by atoms with E-state index < -0.39 is 0 Å². The molecule has 0 saturated heterocycles. The van der Waals surface area contributed by atoms with Gasteiger partial charge in [0, 0.05) is 32.3 Å². The zero-order valence-electron chi connectivity index (χ0n) is 16.7. The lowest BCUT2D eigenvalue weighted by Gasteiger charge is -2.08. The number of rotatable bonds is 3. The first-order chi connectivity index (χ1) is 15.9. The first kappa shape index (κ1) is 18.1. The largest absolute Gasteiger partial charge is 0.204 e. The number of nitrogens with zero attached hydrogens (tertiary/aromatic N) is 8. The van der Waals surface area contributed by atoms with Gasteiger partial charge in [0.15, 0.2) is 0 Å². The maximum Gasteiger partial charge on any atom is 0.204 e. The van der Waals surface area contributed by atoms with Gasteiger partial charge in [0.1, 0.15) is 11.4 Å². The molecule has 6 aromatic rings. The Morgan fingerprint density at radius 1 is 0.438 bits per heavy atom. The van der Waals surface area contributed by atoms with E-state index in [1.54, 1.807) is 12.4 Å². The van der Waals surface area contributed by atoms with Crippen LogP contribution < -0.4 is 0 Å². The van der Waals surface area contributed by atoms with E-state index in [-0.39, 0.29) is 0 Å². The van der Waals surface area contributed by atoms with Crippen molar-refractivity contribution in [3.05, 3.63) is 85.2 Å². The molecule has 0 aliphatic heterocycles. The van der Waals surface area contributed by atoms with Crippen LogP contribution in [0.5, 0.6) is 0 Å². The Bertz CT molecular complexity index is 1630. The average molecular weight is 414 g/mol. The molecular weight excluding hydrogens is 400 g/mol. The molecule has 3 aromatic heterocycles. The summed E-state index contributed by atoms with van der Waals surface area (Å²) < 4.78 is 0. The van der Waals surface area contributed by atoms with Gasteiger partial charge in [0.05, 0.1) is 12.4 Å². The minimum atomic E-state index is 0.396. The van der Waals surface area contributed by atoms with Gasteiger partial charge in [0.25, 0.3) is 0 Å². The van der Waals surface area contributed by atoms with Crippen molar-refractivity contribution in [2.75, 3.05) is 0 Å². The third kappa shape index (κ3) is 3.02. The van der Waals surface area contributed by atoms with Gasteiger partial charge < -0.3 is 0 Å². The Balaban J connectivity index is 1.51. The monoisotopic (exact) mass is 414 g/mol. The van der Waals surface area contributed by atoms with Crippen LogP contribution in [0.15, 0.2) is 95.4 Å². The van der Waals surface area contributed by atoms with E-state index in [0.29, 0.717) is 23.0 Å². The summed E-state index contributed by atoms with van der Waals surface area (Å²) in [5, 5.41) is 39.6. The second-order valence-electron chi connectivity index (χ2n) is 7.15. The van der Waals surface area contributed by atoms with Gasteiger partial charge in [-0.15, -0.1) is 30.6 Å². The fourth-order valence-corrected chi connectivity index (χ4v) is 3.72. The van der Waals surface area contributed by atoms with Gasteiger partial charge in [-0.25, -0.2) is 0 Å². The summed E-state index contributed by atoms with van der Waals surface area (Å²) in [5.74, 6) is 0.824. The molecule has 0 N–H and O–H groups in total. The van der Waals surface area contributed by atoms with Crippen LogP contribution in [0, 0.1) is 0 Å². The topological polar surface area (TPSA) is 102 Å². The summed E-state index contributed by atoms with van der Waals surface area (Å²) in [6, 6.07) is 23.5. The molecule has 8 heteroatoms. The van der Waals surface area contributed by atoms with Crippen LogP contribution in [0.3, 0.4) is 0 Å². The normalized spacial score (nSPS) is 11.6. The highest BCUT2D eigenvalue weighted by Gasteiger charge is 2.15. The van der Waals surface area contributed by atoms with Crippen molar-refractivity contribution >= 4 is 44.0 Å². The Labute approximate surface area is 181 Å². The lowest BCUT2D eigenvalue weighted by molar-refractivity contribution is 0.980. The van der Waals surface area contributed by atoms with Crippen molar-refractivity contribution < 1.29 is 0 Å². The van der Waals surface area contributed by atoms with Gasteiger partial charge in [0.2, 0.25) is 11.6 Å². The number of azo groups is 1. The van der Waals surface area contributed by atoms with Crippen molar-refractivity contribution in [2.24, 2.45) is 10.2 Å². The quantitative estimate of drug-likeness (QED) is 0.349. The van der Waals surface area contributed by atoms with E-state index in [0.717, 1.165) is 32.3 Å². The molecule has 0 radical (unpaired) electrons. The summed E-state index contributed by atoms with van der Waals surface area (Å²) in [6.07, 6.45) is 3.44. The third-order valence-corrected chi connectivity index (χ3v) is 5.25. The van der Waals surface area contributed by atoms with Crippen molar-refractivity contribution in [2.45, 2.75) is 0 Å². The summed E-state index contributed by atoms with van der Waals surface area (Å²) in [6.45, 7) is 0. The van der Waals surface area contributed by atoms with Gasteiger partial charge in [-0.1, -0.05) is 72.8 Å². The molecule has 6 rings (SSSR count). The summed E-state index contributed by atoms with van der Waals surface area (Å²) in [4.78, 5) is 0. The number of hydrogen-bond acceptors (Lipinski definition) is 8. The van der Waals surface area contributed by atoms with Crippen LogP contribution in [-0.2, 0) is 0 Å². The smallest absolute Gasteiger partial charge is 0.158 e. The highest BCUT2D eigenvalue weighted by molar-refractivity contribution is 6.04. The molecule has 0 atom stereocenters. The fraction of sp³-hybridized carbons (Fsp3) is 0. The second-order valence-corrected chi connectivity index (χ2v) is 7.15. The maximum atomic E-state index is 4.46. The van der Waals surface area contributed by atoms with E-state index in [9.17, 15) is 0 Å². The third-order valence-electron chi connectivity index (χ3n) is 5.25. The van der Waals surface area contributed by atoms with Crippen molar-refractivity contribution in [1.82, 2.24) is 30.6 Å². The highest BCUT2D eigenvalue weighted by Crippen LogP contribution is 2.33. The lowest BCUT2D eigenvalue weighted by atomic mass is 10.0. The van der Waals surface area contributed by atoms with E-state index >= 15 is 0 Å². The Morgan fingerprint density at radius 2 is 0.969 bits per heavy atom.